The van der Waals surface area contributed by atoms with Gasteiger partial charge in [-0.25, -0.2) is 44.9 Å². The molecule has 0 aliphatic heterocycles. The Morgan fingerprint density at radius 2 is 0.253 bits per heavy atom. The smallest absolute Gasteiger partial charge is 0.164 e. The lowest BCUT2D eigenvalue weighted by molar-refractivity contribution is 1.07. The molecule has 0 saturated heterocycles. The van der Waals surface area contributed by atoms with Gasteiger partial charge in [-0.1, -0.05) is 425 Å². The number of rotatable bonds is 18. The Kier molecular flexibility index (Phi) is 26.5. The second-order valence-corrected chi connectivity index (χ2v) is 35.8. The molecule has 3 heterocycles. The van der Waals surface area contributed by atoms with E-state index in [-0.39, 0.29) is 0 Å². The van der Waals surface area contributed by atoms with Gasteiger partial charge in [0.15, 0.2) is 52.4 Å². The second-order valence-electron chi connectivity index (χ2n) is 35.8. The average molecular weight is 1910 g/mol. The molecule has 0 aliphatic rings. The van der Waals surface area contributed by atoms with Crippen LogP contribution in [0.15, 0.2) is 491 Å². The number of nitrogens with zero attached hydrogens (tertiary/aromatic N) is 15. The lowest BCUT2D eigenvalue weighted by Crippen LogP contribution is -2.00. The molecule has 0 radical (unpaired) electrons. The zero-order valence-electron chi connectivity index (χ0n) is 80.5. The van der Waals surface area contributed by atoms with Gasteiger partial charge < -0.3 is 0 Å². The molecule has 24 aromatic rings. The Labute approximate surface area is 866 Å². The Balaban J connectivity index is 0.000000127. The summed E-state index contributed by atoms with van der Waals surface area (Å²) in [5.74, 6) is 5.63. The van der Waals surface area contributed by atoms with Crippen molar-refractivity contribution in [2.75, 3.05) is 0 Å². The highest BCUT2D eigenvalue weighted by Crippen LogP contribution is 2.44. The predicted molar refractivity (Wildman–Crippen MR) is 598 cm³/mol. The van der Waals surface area contributed by atoms with Gasteiger partial charge in [-0.05, 0) is 199 Å². The van der Waals surface area contributed by atoms with Gasteiger partial charge >= 0.3 is 0 Å². The zero-order chi connectivity index (χ0) is 102. The topological polar surface area (TPSA) is 259 Å². The summed E-state index contributed by atoms with van der Waals surface area (Å²) in [5.41, 5.74) is 29.7. The molecular formula is C135H81N15. The highest BCUT2D eigenvalue weighted by atomic mass is 15.1. The number of hydrogen-bond donors (Lipinski definition) is 0. The molecular weight excluding hydrogens is 1830 g/mol. The van der Waals surface area contributed by atoms with Crippen LogP contribution < -0.4 is 0 Å². The Morgan fingerprint density at radius 1 is 0.107 bits per heavy atom. The molecule has 150 heavy (non-hydrogen) atoms. The second kappa shape index (κ2) is 42.7. The van der Waals surface area contributed by atoms with E-state index in [2.05, 4.69) is 243 Å². The molecule has 0 N–H and O–H groups in total. The van der Waals surface area contributed by atoms with Gasteiger partial charge in [-0.15, -0.1) is 0 Å². The maximum atomic E-state index is 9.44. The highest BCUT2D eigenvalue weighted by Gasteiger charge is 2.22. The molecule has 0 spiro atoms. The van der Waals surface area contributed by atoms with Crippen LogP contribution in [0.4, 0.5) is 0 Å². The summed E-state index contributed by atoms with van der Waals surface area (Å²) in [6.45, 7) is 0. The fraction of sp³-hybridized carbons (Fsp3) is 0. The van der Waals surface area contributed by atoms with E-state index in [0.717, 1.165) is 183 Å². The van der Waals surface area contributed by atoms with Gasteiger partial charge in [0.05, 0.1) is 69.8 Å². The monoisotopic (exact) mass is 1910 g/mol. The van der Waals surface area contributed by atoms with Crippen molar-refractivity contribution in [1.29, 1.82) is 31.6 Å². The van der Waals surface area contributed by atoms with Gasteiger partial charge in [0, 0.05) is 50.1 Å². The average Bonchev–Trinajstić information content (AvgIpc) is 0.764. The summed E-state index contributed by atoms with van der Waals surface area (Å²) < 4.78 is 0. The standard InChI is InChI=1S/3C45H27N5/c2*46-28-30-24-31(29-47)26-38(25-30)32-18-20-33(21-19-32)39-22-23-40(42-17-8-7-16-41(39)42)36-14-9-15-37(27-36)45-49-43(34-10-3-1-4-11-34)48-44(50-45)35-12-5-2-6-13-35;46-28-30-25-31(29-47)27-38(26-30)32-15-17-33(18-16-32)39-23-24-40(42-14-8-7-13-41(39)42)34-19-21-37(22-20-34)45-49-43(35-9-3-1-4-10-35)48-44(50-45)36-11-5-2-6-12-36/h3*1-27H. The van der Waals surface area contributed by atoms with Crippen molar-refractivity contribution in [2.24, 2.45) is 0 Å². The lowest BCUT2D eigenvalue weighted by Gasteiger charge is -2.14. The van der Waals surface area contributed by atoms with Crippen molar-refractivity contribution in [1.82, 2.24) is 44.9 Å². The molecule has 0 atom stereocenters. The Morgan fingerprint density at radius 3 is 0.447 bits per heavy atom. The van der Waals surface area contributed by atoms with E-state index in [1.165, 1.54) is 0 Å². The lowest BCUT2D eigenvalue weighted by atomic mass is 9.91. The molecule has 21 aromatic carbocycles. The van der Waals surface area contributed by atoms with Crippen molar-refractivity contribution in [3.8, 4) is 239 Å². The fourth-order valence-electron chi connectivity index (χ4n) is 19.0. The van der Waals surface area contributed by atoms with Crippen molar-refractivity contribution in [2.45, 2.75) is 0 Å². The van der Waals surface area contributed by atoms with Crippen LogP contribution in [0, 0.1) is 68.0 Å². The summed E-state index contributed by atoms with van der Waals surface area (Å²) in [7, 11) is 0. The largest absolute Gasteiger partial charge is 0.208 e. The van der Waals surface area contributed by atoms with Crippen LogP contribution >= 0.6 is 0 Å². The zero-order valence-corrected chi connectivity index (χ0v) is 80.5. The van der Waals surface area contributed by atoms with Crippen LogP contribution in [-0.4, -0.2) is 44.9 Å². The third-order valence-electron chi connectivity index (χ3n) is 26.3. The van der Waals surface area contributed by atoms with E-state index in [0.29, 0.717) is 85.8 Å². The number of benzene rings is 21. The first kappa shape index (κ1) is 93.3. The maximum absolute atomic E-state index is 9.44. The molecule has 15 heteroatoms. The minimum atomic E-state index is 0.470. The molecule has 15 nitrogen and oxygen atoms in total. The first-order valence-corrected chi connectivity index (χ1v) is 48.7. The summed E-state index contributed by atoms with van der Waals surface area (Å²) in [4.78, 5) is 44.1. The Hall–Kier alpha value is -21.6. The molecule has 0 bridgehead atoms. The van der Waals surface area contributed by atoms with Crippen LogP contribution in [0.5, 0.6) is 0 Å². The summed E-state index contributed by atoms with van der Waals surface area (Å²) in [5, 5.41) is 63.5. The molecule has 0 amide bonds. The van der Waals surface area contributed by atoms with Gasteiger partial charge in [-0.2, -0.15) is 31.6 Å². The number of aromatic nitrogens is 9. The fourth-order valence-corrected chi connectivity index (χ4v) is 19.0. The minimum Gasteiger partial charge on any atom is -0.208 e. The van der Waals surface area contributed by atoms with Gasteiger partial charge in [0.2, 0.25) is 0 Å². The highest BCUT2D eigenvalue weighted by molar-refractivity contribution is 6.08. The molecule has 696 valence electrons. The van der Waals surface area contributed by atoms with E-state index >= 15 is 0 Å². The molecule has 0 unspecified atom stereocenters. The predicted octanol–water partition coefficient (Wildman–Crippen LogP) is 32.3. The summed E-state index contributed by atoms with van der Waals surface area (Å²) in [6, 6.07) is 177. The normalized spacial score (nSPS) is 10.8. The Bertz CT molecular complexity index is 8890. The van der Waals surface area contributed by atoms with E-state index in [1.807, 2.05) is 267 Å². The first-order chi connectivity index (χ1) is 74.0. The maximum Gasteiger partial charge on any atom is 0.164 e. The van der Waals surface area contributed by atoms with Gasteiger partial charge in [0.1, 0.15) is 0 Å². The minimum absolute atomic E-state index is 0.470. The van der Waals surface area contributed by atoms with E-state index in [1.54, 1.807) is 18.2 Å². The van der Waals surface area contributed by atoms with Crippen molar-refractivity contribution in [3.05, 3.63) is 525 Å². The van der Waals surface area contributed by atoms with E-state index in [4.69, 9.17) is 44.9 Å². The van der Waals surface area contributed by atoms with Crippen LogP contribution in [0.2, 0.25) is 0 Å². The van der Waals surface area contributed by atoms with Crippen molar-refractivity contribution >= 4 is 32.3 Å². The van der Waals surface area contributed by atoms with Gasteiger partial charge in [0.25, 0.3) is 0 Å². The summed E-state index contributed by atoms with van der Waals surface area (Å²) in [6.07, 6.45) is 0. The molecule has 0 aliphatic carbocycles. The number of fused-ring (bicyclic) bond motifs is 3. The molecule has 0 saturated carbocycles. The molecule has 3 aromatic heterocycles. The summed E-state index contributed by atoms with van der Waals surface area (Å²) >= 11 is 0. The van der Waals surface area contributed by atoms with Crippen LogP contribution in [0.1, 0.15) is 33.4 Å². The van der Waals surface area contributed by atoms with Crippen molar-refractivity contribution < 1.29 is 0 Å². The first-order valence-electron chi connectivity index (χ1n) is 48.7. The van der Waals surface area contributed by atoms with E-state index in [9.17, 15) is 31.6 Å². The van der Waals surface area contributed by atoms with Crippen molar-refractivity contribution in [3.63, 3.8) is 0 Å². The van der Waals surface area contributed by atoms with Crippen LogP contribution in [0.25, 0.3) is 235 Å². The van der Waals surface area contributed by atoms with Crippen LogP contribution in [0.3, 0.4) is 0 Å². The van der Waals surface area contributed by atoms with Crippen LogP contribution in [-0.2, 0) is 0 Å². The van der Waals surface area contributed by atoms with Gasteiger partial charge in [-0.3, -0.25) is 0 Å². The molecule has 24 rings (SSSR count). The quantitative estimate of drug-likeness (QED) is 0.0773. The molecule has 0 fully saturated rings. The number of nitriles is 6. The SMILES string of the molecule is N#Cc1cc(C#N)cc(-c2ccc(-c3ccc(-c4ccc(-c5nc(-c6ccccc6)nc(-c6ccccc6)n5)cc4)c4ccccc34)cc2)c1.N#Cc1cc(C#N)cc(-c2ccc(-c3ccc(-c4cccc(-c5nc(-c6ccccc6)nc(-c6ccccc6)n5)c4)c4ccccc34)cc2)c1.N#Cc1cc(C#N)cc(-c2ccc(-c3ccc(-c4cccc(-c5nc(-c6ccccc6)nc(-c6ccccc6)n5)c4)c4ccccc34)cc2)c1. The number of hydrogen-bond acceptors (Lipinski definition) is 15. The third-order valence-corrected chi connectivity index (χ3v) is 26.3. The van der Waals surface area contributed by atoms with E-state index < -0.39 is 0 Å². The third kappa shape index (κ3) is 20.1.